The number of benzene rings is 2. The van der Waals surface area contributed by atoms with Gasteiger partial charge in [-0.2, -0.15) is 4.98 Å². The average molecular weight is 607 g/mol. The first-order valence-electron chi connectivity index (χ1n) is 14.7. The highest BCUT2D eigenvalue weighted by molar-refractivity contribution is 7.99. The Morgan fingerprint density at radius 2 is 1.86 bits per heavy atom. The smallest absolute Gasteiger partial charge is 0.260 e. The number of carbonyl (C=O) groups excluding carboxylic acids is 2. The van der Waals surface area contributed by atoms with Crippen molar-refractivity contribution in [2.45, 2.75) is 44.8 Å². The molecular formula is C31H38N6O5S. The van der Waals surface area contributed by atoms with Gasteiger partial charge in [0.25, 0.3) is 11.8 Å². The van der Waals surface area contributed by atoms with Crippen LogP contribution in [0.4, 0.5) is 11.6 Å². The number of hydrogen-bond donors (Lipinski definition) is 2. The summed E-state index contributed by atoms with van der Waals surface area (Å²) in [5, 5.41) is 11.8. The number of amides is 2. The van der Waals surface area contributed by atoms with E-state index in [-0.39, 0.29) is 18.4 Å². The molecule has 0 saturated carbocycles. The van der Waals surface area contributed by atoms with Crippen molar-refractivity contribution in [2.75, 3.05) is 55.9 Å². The molecule has 2 aliphatic rings. The standard InChI is InChI=1S/C31H38N6O5S/c1-4-6-19-43-31-34-30-32-21(3)27(29(39)33-24-9-7-8-10-25(24)41-5-2)28(37(30)35-31)22-11-13-23(14-12-22)42-20-26(38)36-15-17-40-18-16-36/h7-14,28H,4-6,15-20H2,1-3H3,(H,33,39)(H,32,34,35). The molecule has 0 spiro atoms. The number of thioether (sulfide) groups is 1. The van der Waals surface area contributed by atoms with Crippen LogP contribution in [0.5, 0.6) is 11.5 Å². The van der Waals surface area contributed by atoms with E-state index < -0.39 is 6.04 Å². The summed E-state index contributed by atoms with van der Waals surface area (Å²) in [7, 11) is 0. The minimum absolute atomic E-state index is 0.0514. The highest BCUT2D eigenvalue weighted by Crippen LogP contribution is 2.38. The number of fused-ring (bicyclic) bond motifs is 1. The summed E-state index contributed by atoms with van der Waals surface area (Å²) in [6.45, 7) is 8.57. The van der Waals surface area contributed by atoms with Gasteiger partial charge in [0, 0.05) is 24.5 Å². The lowest BCUT2D eigenvalue weighted by Gasteiger charge is -2.29. The van der Waals surface area contributed by atoms with Crippen molar-refractivity contribution >= 4 is 35.2 Å². The molecule has 11 nitrogen and oxygen atoms in total. The van der Waals surface area contributed by atoms with E-state index >= 15 is 0 Å². The number of morpholine rings is 1. The molecule has 0 bridgehead atoms. The maximum Gasteiger partial charge on any atom is 0.260 e. The van der Waals surface area contributed by atoms with Gasteiger partial charge in [0.1, 0.15) is 17.5 Å². The zero-order chi connectivity index (χ0) is 30.2. The van der Waals surface area contributed by atoms with E-state index in [2.05, 4.69) is 17.6 Å². The third kappa shape index (κ3) is 7.31. The van der Waals surface area contributed by atoms with E-state index in [1.165, 1.54) is 0 Å². The molecule has 0 aliphatic carbocycles. The lowest BCUT2D eigenvalue weighted by Crippen LogP contribution is -2.42. The van der Waals surface area contributed by atoms with Crippen LogP contribution in [0.1, 0.15) is 45.2 Å². The first-order valence-corrected chi connectivity index (χ1v) is 15.7. The van der Waals surface area contributed by atoms with Crippen LogP contribution in [-0.4, -0.2) is 76.7 Å². The molecule has 43 heavy (non-hydrogen) atoms. The molecule has 228 valence electrons. The Bertz CT molecular complexity index is 1450. The lowest BCUT2D eigenvalue weighted by atomic mass is 9.95. The zero-order valence-electron chi connectivity index (χ0n) is 24.8. The van der Waals surface area contributed by atoms with Crippen LogP contribution in [0, 0.1) is 0 Å². The monoisotopic (exact) mass is 606 g/mol. The Morgan fingerprint density at radius 3 is 2.60 bits per heavy atom. The molecule has 2 amide bonds. The molecule has 1 fully saturated rings. The van der Waals surface area contributed by atoms with Crippen molar-refractivity contribution in [3.63, 3.8) is 0 Å². The van der Waals surface area contributed by atoms with Gasteiger partial charge < -0.3 is 29.7 Å². The summed E-state index contributed by atoms with van der Waals surface area (Å²) in [5.74, 6) is 2.29. The summed E-state index contributed by atoms with van der Waals surface area (Å²) in [4.78, 5) is 32.9. The highest BCUT2D eigenvalue weighted by Gasteiger charge is 2.35. The molecule has 1 atom stereocenters. The Balaban J connectivity index is 1.41. The van der Waals surface area contributed by atoms with Crippen molar-refractivity contribution in [2.24, 2.45) is 0 Å². The summed E-state index contributed by atoms with van der Waals surface area (Å²) in [6, 6.07) is 14.2. The van der Waals surface area contributed by atoms with Gasteiger partial charge >= 0.3 is 0 Å². The highest BCUT2D eigenvalue weighted by atomic mass is 32.2. The maximum atomic E-state index is 13.9. The fourth-order valence-electron chi connectivity index (χ4n) is 4.94. The van der Waals surface area contributed by atoms with Crippen LogP contribution in [-0.2, 0) is 14.3 Å². The maximum absolute atomic E-state index is 13.9. The molecule has 2 aromatic carbocycles. The molecule has 5 rings (SSSR count). The summed E-state index contributed by atoms with van der Waals surface area (Å²) in [6.07, 6.45) is 2.15. The van der Waals surface area contributed by atoms with Gasteiger partial charge in [-0.3, -0.25) is 9.59 Å². The second kappa shape index (κ2) is 14.4. The Kier molecular flexibility index (Phi) is 10.2. The summed E-state index contributed by atoms with van der Waals surface area (Å²) in [5.41, 5.74) is 2.59. The predicted octanol–water partition coefficient (Wildman–Crippen LogP) is 4.73. The topological polar surface area (TPSA) is 120 Å². The lowest BCUT2D eigenvalue weighted by molar-refractivity contribution is -0.137. The fourth-order valence-corrected chi connectivity index (χ4v) is 5.85. The normalized spacial score (nSPS) is 16.3. The number of para-hydroxylation sites is 2. The molecular weight excluding hydrogens is 568 g/mol. The van der Waals surface area contributed by atoms with Gasteiger partial charge in [0.15, 0.2) is 6.61 Å². The van der Waals surface area contributed by atoms with Crippen LogP contribution in [0.15, 0.2) is 65.0 Å². The molecule has 12 heteroatoms. The predicted molar refractivity (Wildman–Crippen MR) is 166 cm³/mol. The summed E-state index contributed by atoms with van der Waals surface area (Å²) >= 11 is 1.60. The number of nitrogens with zero attached hydrogens (tertiary/aromatic N) is 4. The van der Waals surface area contributed by atoms with Gasteiger partial charge in [0.2, 0.25) is 11.1 Å². The van der Waals surface area contributed by atoms with Crippen LogP contribution < -0.4 is 20.1 Å². The van der Waals surface area contributed by atoms with Gasteiger partial charge in [-0.1, -0.05) is 49.4 Å². The molecule has 1 aromatic heterocycles. The van der Waals surface area contributed by atoms with Crippen molar-refractivity contribution in [1.29, 1.82) is 0 Å². The first kappa shape index (κ1) is 30.4. The van der Waals surface area contributed by atoms with E-state index in [0.717, 1.165) is 24.2 Å². The van der Waals surface area contributed by atoms with Crippen molar-refractivity contribution in [3.8, 4) is 11.5 Å². The fraction of sp³-hybridized carbons (Fsp3) is 0.419. The van der Waals surface area contributed by atoms with Crippen LogP contribution in [0.2, 0.25) is 0 Å². The molecule has 3 heterocycles. The Morgan fingerprint density at radius 1 is 1.09 bits per heavy atom. The van der Waals surface area contributed by atoms with Crippen molar-refractivity contribution in [1.82, 2.24) is 19.7 Å². The van der Waals surface area contributed by atoms with Crippen molar-refractivity contribution < 1.29 is 23.8 Å². The number of nitrogens with one attached hydrogen (secondary N) is 2. The average Bonchev–Trinajstić information content (AvgIpc) is 3.43. The number of anilines is 2. The van der Waals surface area contributed by atoms with E-state index in [4.69, 9.17) is 24.3 Å². The van der Waals surface area contributed by atoms with Crippen LogP contribution in [0.3, 0.4) is 0 Å². The van der Waals surface area contributed by atoms with Gasteiger partial charge in [-0.05, 0) is 50.1 Å². The largest absolute Gasteiger partial charge is 0.492 e. The van der Waals surface area contributed by atoms with E-state index in [1.54, 1.807) is 21.3 Å². The minimum Gasteiger partial charge on any atom is -0.492 e. The number of allylic oxidation sites excluding steroid dienone is 1. The third-order valence-corrected chi connectivity index (χ3v) is 8.09. The number of aromatic nitrogens is 3. The third-order valence-electron chi connectivity index (χ3n) is 7.16. The molecule has 0 radical (unpaired) electrons. The SMILES string of the molecule is CCCCSc1nc2n(n1)C(c1ccc(OCC(=O)N3CCOCC3)cc1)C(C(=O)Nc1ccccc1OCC)=C(C)N2. The summed E-state index contributed by atoms with van der Waals surface area (Å²) < 4.78 is 18.6. The molecule has 2 N–H and O–H groups in total. The molecule has 2 aliphatic heterocycles. The molecule has 3 aromatic rings. The number of rotatable bonds is 12. The Labute approximate surface area is 256 Å². The van der Waals surface area contributed by atoms with Gasteiger partial charge in [0.05, 0.1) is 31.1 Å². The van der Waals surface area contributed by atoms with Crippen LogP contribution >= 0.6 is 11.8 Å². The Hall–Kier alpha value is -4.03. The number of carbonyl (C=O) groups is 2. The van der Waals surface area contributed by atoms with E-state index in [0.29, 0.717) is 72.5 Å². The molecule has 1 saturated heterocycles. The molecule has 1 unspecified atom stereocenters. The van der Waals surface area contributed by atoms with E-state index in [9.17, 15) is 9.59 Å². The minimum atomic E-state index is -0.549. The second-order valence-electron chi connectivity index (χ2n) is 10.2. The van der Waals surface area contributed by atoms with Crippen molar-refractivity contribution in [3.05, 3.63) is 65.4 Å². The quantitative estimate of drug-likeness (QED) is 0.223. The first-order chi connectivity index (χ1) is 21.0. The zero-order valence-corrected chi connectivity index (χ0v) is 25.6. The van der Waals surface area contributed by atoms with Gasteiger partial charge in [-0.25, -0.2) is 4.68 Å². The number of ether oxygens (including phenoxy) is 3. The van der Waals surface area contributed by atoms with E-state index in [1.807, 2.05) is 62.4 Å². The number of hydrogen-bond acceptors (Lipinski definition) is 9. The van der Waals surface area contributed by atoms with Crippen LogP contribution in [0.25, 0.3) is 0 Å². The van der Waals surface area contributed by atoms with Gasteiger partial charge in [-0.15, -0.1) is 5.10 Å². The second-order valence-corrected chi connectivity index (χ2v) is 11.2. The number of unbranched alkanes of at least 4 members (excludes halogenated alkanes) is 1.